The molecule has 0 aliphatic carbocycles. The molecule has 19 heavy (non-hydrogen) atoms. The third-order valence-corrected chi connectivity index (χ3v) is 3.16. The first-order valence-corrected chi connectivity index (χ1v) is 6.31. The van der Waals surface area contributed by atoms with Gasteiger partial charge in [-0.05, 0) is 26.3 Å². The summed E-state index contributed by atoms with van der Waals surface area (Å²) in [6.07, 6.45) is 2.41. The number of esters is 1. The fourth-order valence-corrected chi connectivity index (χ4v) is 2.10. The van der Waals surface area contributed by atoms with Gasteiger partial charge in [0.25, 0.3) is 0 Å². The highest BCUT2D eigenvalue weighted by Gasteiger charge is 2.17. The quantitative estimate of drug-likeness (QED) is 0.861. The summed E-state index contributed by atoms with van der Waals surface area (Å²) in [5.41, 5.74) is 0.817. The number of methoxy groups -OCH3 is 1. The number of carbonyl (C=O) groups is 1. The largest absolute Gasteiger partial charge is 0.465 e. The second kappa shape index (κ2) is 5.05. The molecule has 2 aromatic rings. The van der Waals surface area contributed by atoms with E-state index in [-0.39, 0.29) is 5.97 Å². The predicted octanol–water partition coefficient (Wildman–Crippen LogP) is 2.59. The van der Waals surface area contributed by atoms with Crippen LogP contribution in [0.4, 0.5) is 0 Å². The molecule has 1 aromatic carbocycles. The molecule has 0 unspecified atom stereocenters. The average Bonchev–Trinajstić information content (AvgIpc) is 2.74. The summed E-state index contributed by atoms with van der Waals surface area (Å²) in [5.74, 6) is -0.335. The van der Waals surface area contributed by atoms with Crippen LogP contribution >= 0.6 is 0 Å². The fourth-order valence-electron chi connectivity index (χ4n) is 2.10. The molecule has 0 aliphatic heterocycles. The Kier molecular flexibility index (Phi) is 3.62. The molecule has 0 aliphatic rings. The van der Waals surface area contributed by atoms with E-state index in [1.165, 1.54) is 7.11 Å². The Bertz CT molecular complexity index is 593. The summed E-state index contributed by atoms with van der Waals surface area (Å²) < 4.78 is 6.79. The Hall–Kier alpha value is -1.81. The predicted molar refractivity (Wildman–Crippen MR) is 74.2 cm³/mol. The Morgan fingerprint density at radius 2 is 2.05 bits per heavy atom. The number of fused-ring (bicyclic) bond motifs is 1. The van der Waals surface area contributed by atoms with Gasteiger partial charge < -0.3 is 14.4 Å². The number of aromatic nitrogens is 1. The highest BCUT2D eigenvalue weighted by Crippen LogP contribution is 2.23. The minimum Gasteiger partial charge on any atom is -0.465 e. The van der Waals surface area contributed by atoms with E-state index in [9.17, 15) is 9.90 Å². The van der Waals surface area contributed by atoms with E-state index in [2.05, 4.69) is 0 Å². The first kappa shape index (κ1) is 13.6. The number of benzene rings is 1. The minimum absolute atomic E-state index is 0.335. The zero-order valence-corrected chi connectivity index (χ0v) is 11.5. The van der Waals surface area contributed by atoms with Crippen molar-refractivity contribution in [2.24, 2.45) is 0 Å². The number of aryl methyl sites for hydroxylation is 1. The molecule has 0 spiro atoms. The summed E-state index contributed by atoms with van der Waals surface area (Å²) in [6.45, 7) is 4.21. The Morgan fingerprint density at radius 1 is 1.37 bits per heavy atom. The maximum Gasteiger partial charge on any atom is 0.340 e. The van der Waals surface area contributed by atoms with Gasteiger partial charge in [-0.1, -0.05) is 18.2 Å². The van der Waals surface area contributed by atoms with Crippen molar-refractivity contribution in [2.45, 2.75) is 32.4 Å². The summed E-state index contributed by atoms with van der Waals surface area (Å²) in [5, 5.41) is 10.7. The van der Waals surface area contributed by atoms with Crippen molar-refractivity contribution in [3.8, 4) is 0 Å². The Labute approximate surface area is 112 Å². The van der Waals surface area contributed by atoms with Crippen LogP contribution in [0.15, 0.2) is 30.5 Å². The first-order valence-electron chi connectivity index (χ1n) is 6.31. The number of para-hydroxylation sites is 1. The molecule has 0 fully saturated rings. The van der Waals surface area contributed by atoms with Crippen LogP contribution in [0, 0.1) is 0 Å². The number of ether oxygens (including phenoxy) is 1. The van der Waals surface area contributed by atoms with Gasteiger partial charge in [0.2, 0.25) is 0 Å². The van der Waals surface area contributed by atoms with Crippen molar-refractivity contribution in [2.75, 3.05) is 7.11 Å². The van der Waals surface area contributed by atoms with E-state index >= 15 is 0 Å². The van der Waals surface area contributed by atoms with Gasteiger partial charge in [0.1, 0.15) is 0 Å². The van der Waals surface area contributed by atoms with E-state index in [0.717, 1.165) is 10.9 Å². The van der Waals surface area contributed by atoms with Gasteiger partial charge in [-0.3, -0.25) is 0 Å². The van der Waals surface area contributed by atoms with Gasteiger partial charge in [-0.15, -0.1) is 0 Å². The maximum atomic E-state index is 11.8. The Morgan fingerprint density at radius 3 is 2.68 bits per heavy atom. The van der Waals surface area contributed by atoms with Crippen molar-refractivity contribution >= 4 is 16.9 Å². The molecule has 0 atom stereocenters. The number of nitrogens with zero attached hydrogens (tertiary/aromatic N) is 1. The highest BCUT2D eigenvalue weighted by molar-refractivity contribution is 6.04. The van der Waals surface area contributed by atoms with Crippen molar-refractivity contribution in [1.29, 1.82) is 0 Å². The number of carbonyl (C=O) groups excluding carboxylic acids is 1. The van der Waals surface area contributed by atoms with Gasteiger partial charge in [-0.2, -0.15) is 0 Å². The summed E-state index contributed by atoms with van der Waals surface area (Å²) in [6, 6.07) is 7.70. The molecule has 1 N–H and O–H groups in total. The van der Waals surface area contributed by atoms with Crippen LogP contribution in [0.2, 0.25) is 0 Å². The number of aliphatic hydroxyl groups is 1. The third kappa shape index (κ3) is 2.96. The van der Waals surface area contributed by atoms with Crippen LogP contribution in [0.5, 0.6) is 0 Å². The van der Waals surface area contributed by atoms with Crippen LogP contribution in [-0.2, 0) is 11.3 Å². The lowest BCUT2D eigenvalue weighted by atomic mass is 10.1. The molecular weight excluding hydrogens is 242 g/mol. The molecule has 0 saturated heterocycles. The van der Waals surface area contributed by atoms with E-state index in [4.69, 9.17) is 4.74 Å². The molecule has 0 saturated carbocycles. The van der Waals surface area contributed by atoms with Crippen LogP contribution in [-0.4, -0.2) is 28.4 Å². The Balaban J connectivity index is 2.42. The molecule has 1 aromatic heterocycles. The van der Waals surface area contributed by atoms with Crippen molar-refractivity contribution in [3.63, 3.8) is 0 Å². The molecule has 4 heteroatoms. The SMILES string of the molecule is COC(=O)c1cn(CCC(C)(C)O)c2ccccc12. The molecule has 102 valence electrons. The van der Waals surface area contributed by atoms with Crippen molar-refractivity contribution in [1.82, 2.24) is 4.57 Å². The molecule has 0 radical (unpaired) electrons. The lowest BCUT2D eigenvalue weighted by Crippen LogP contribution is -2.20. The molecule has 2 rings (SSSR count). The topological polar surface area (TPSA) is 51.5 Å². The molecule has 0 bridgehead atoms. The molecule has 0 amide bonds. The van der Waals surface area contributed by atoms with E-state index < -0.39 is 5.60 Å². The van der Waals surface area contributed by atoms with E-state index in [0.29, 0.717) is 18.5 Å². The monoisotopic (exact) mass is 261 g/mol. The second-order valence-corrected chi connectivity index (χ2v) is 5.31. The van der Waals surface area contributed by atoms with Crippen molar-refractivity contribution < 1.29 is 14.6 Å². The van der Waals surface area contributed by atoms with Gasteiger partial charge in [0, 0.05) is 23.6 Å². The summed E-state index contributed by atoms with van der Waals surface area (Å²) in [7, 11) is 1.38. The lowest BCUT2D eigenvalue weighted by Gasteiger charge is -2.17. The third-order valence-electron chi connectivity index (χ3n) is 3.16. The minimum atomic E-state index is -0.725. The molecule has 1 heterocycles. The van der Waals surface area contributed by atoms with Gasteiger partial charge >= 0.3 is 5.97 Å². The lowest BCUT2D eigenvalue weighted by molar-refractivity contribution is 0.0602. The highest BCUT2D eigenvalue weighted by atomic mass is 16.5. The number of rotatable bonds is 4. The number of hydrogen-bond donors (Lipinski definition) is 1. The van der Waals surface area contributed by atoms with E-state index in [1.54, 1.807) is 20.0 Å². The summed E-state index contributed by atoms with van der Waals surface area (Å²) >= 11 is 0. The summed E-state index contributed by atoms with van der Waals surface area (Å²) in [4.78, 5) is 11.8. The normalized spacial score (nSPS) is 11.8. The maximum absolute atomic E-state index is 11.8. The van der Waals surface area contributed by atoms with Crippen molar-refractivity contribution in [3.05, 3.63) is 36.0 Å². The zero-order chi connectivity index (χ0) is 14.0. The average molecular weight is 261 g/mol. The first-order chi connectivity index (χ1) is 8.92. The van der Waals surface area contributed by atoms with Crippen LogP contribution in [0.3, 0.4) is 0 Å². The number of hydrogen-bond acceptors (Lipinski definition) is 3. The van der Waals surface area contributed by atoms with Crippen LogP contribution in [0.25, 0.3) is 10.9 Å². The molecular formula is C15H19NO3. The fraction of sp³-hybridized carbons (Fsp3) is 0.400. The van der Waals surface area contributed by atoms with Gasteiger partial charge in [0.15, 0.2) is 0 Å². The smallest absolute Gasteiger partial charge is 0.340 e. The van der Waals surface area contributed by atoms with Gasteiger partial charge in [-0.25, -0.2) is 4.79 Å². The zero-order valence-electron chi connectivity index (χ0n) is 11.5. The van der Waals surface area contributed by atoms with Gasteiger partial charge in [0.05, 0.1) is 18.3 Å². The van der Waals surface area contributed by atoms with Crippen LogP contribution < -0.4 is 0 Å². The standard InChI is InChI=1S/C15H19NO3/c1-15(2,18)8-9-16-10-12(14(17)19-3)11-6-4-5-7-13(11)16/h4-7,10,18H,8-9H2,1-3H3. The van der Waals surface area contributed by atoms with E-state index in [1.807, 2.05) is 28.8 Å². The van der Waals surface area contributed by atoms with Crippen LogP contribution in [0.1, 0.15) is 30.6 Å². The second-order valence-electron chi connectivity index (χ2n) is 5.31. The molecule has 4 nitrogen and oxygen atoms in total.